The number of nitrogens with zero attached hydrogens (tertiary/aromatic N) is 4. The van der Waals surface area contributed by atoms with Crippen molar-refractivity contribution in [3.63, 3.8) is 0 Å². The molecule has 3 rings (SSSR count). The number of non-ortho nitro benzene ring substituents is 1. The number of aromatic nitrogens is 3. The average Bonchev–Trinajstić information content (AvgIpc) is 2.77. The molecule has 0 bridgehead atoms. The SMILES string of the molecule is COC(=O)c1cc(C(=O)OCc2nc(N)nc(Nc3ccc(Cl)cc3)n2)cc([N+](=O)[O-])c1. The van der Waals surface area contributed by atoms with Crippen LogP contribution in [0.4, 0.5) is 23.3 Å². The Hall–Kier alpha value is -4.32. The van der Waals surface area contributed by atoms with E-state index in [0.717, 1.165) is 25.3 Å². The van der Waals surface area contributed by atoms with Crippen molar-refractivity contribution >= 4 is 46.8 Å². The Morgan fingerprint density at radius 1 is 1.09 bits per heavy atom. The van der Waals surface area contributed by atoms with Crippen molar-refractivity contribution < 1.29 is 24.0 Å². The van der Waals surface area contributed by atoms with E-state index in [1.165, 1.54) is 0 Å². The second-order valence-electron chi connectivity index (χ2n) is 6.16. The highest BCUT2D eigenvalue weighted by Crippen LogP contribution is 2.20. The first kappa shape index (κ1) is 22.4. The van der Waals surface area contributed by atoms with Crippen LogP contribution in [0.1, 0.15) is 26.5 Å². The number of nitro benzene ring substituents is 1. The smallest absolute Gasteiger partial charge is 0.338 e. The first-order chi connectivity index (χ1) is 15.2. The van der Waals surface area contributed by atoms with Crippen molar-refractivity contribution in [3.8, 4) is 0 Å². The van der Waals surface area contributed by atoms with Crippen LogP contribution in [-0.2, 0) is 16.1 Å². The Labute approximate surface area is 185 Å². The van der Waals surface area contributed by atoms with Crippen molar-refractivity contribution in [3.05, 3.63) is 74.6 Å². The number of methoxy groups -OCH3 is 1. The predicted octanol–water partition coefficient (Wildman–Crippen LogP) is 2.90. The molecule has 0 aliphatic carbocycles. The highest BCUT2D eigenvalue weighted by atomic mass is 35.5. The molecule has 3 N–H and O–H groups in total. The van der Waals surface area contributed by atoms with Gasteiger partial charge >= 0.3 is 11.9 Å². The number of halogens is 1. The van der Waals surface area contributed by atoms with Gasteiger partial charge in [-0.2, -0.15) is 15.0 Å². The molecule has 1 aromatic heterocycles. The largest absolute Gasteiger partial charge is 0.465 e. The predicted molar refractivity (Wildman–Crippen MR) is 113 cm³/mol. The monoisotopic (exact) mass is 458 g/mol. The number of carbonyl (C=O) groups excluding carboxylic acids is 2. The van der Waals surface area contributed by atoms with Crippen LogP contribution >= 0.6 is 11.6 Å². The van der Waals surface area contributed by atoms with Crippen molar-refractivity contribution in [2.24, 2.45) is 0 Å². The molecule has 0 aliphatic heterocycles. The second-order valence-corrected chi connectivity index (χ2v) is 6.60. The Kier molecular flexibility index (Phi) is 6.75. The summed E-state index contributed by atoms with van der Waals surface area (Å²) in [5, 5.41) is 14.6. The summed E-state index contributed by atoms with van der Waals surface area (Å²) in [7, 11) is 1.11. The Morgan fingerprint density at radius 3 is 2.38 bits per heavy atom. The van der Waals surface area contributed by atoms with E-state index in [-0.39, 0.29) is 28.8 Å². The molecular formula is C19H15ClN6O6. The molecule has 0 saturated carbocycles. The van der Waals surface area contributed by atoms with E-state index in [0.29, 0.717) is 10.7 Å². The van der Waals surface area contributed by atoms with Gasteiger partial charge in [-0.1, -0.05) is 11.6 Å². The van der Waals surface area contributed by atoms with Crippen LogP contribution in [0.15, 0.2) is 42.5 Å². The average molecular weight is 459 g/mol. The molecule has 3 aromatic rings. The van der Waals surface area contributed by atoms with Crippen LogP contribution in [0, 0.1) is 10.1 Å². The van der Waals surface area contributed by atoms with Gasteiger partial charge in [-0.3, -0.25) is 10.1 Å². The summed E-state index contributed by atoms with van der Waals surface area (Å²) in [6, 6.07) is 9.81. The minimum Gasteiger partial charge on any atom is -0.465 e. The third-order valence-electron chi connectivity index (χ3n) is 3.92. The lowest BCUT2D eigenvalue weighted by atomic mass is 10.1. The van der Waals surface area contributed by atoms with Gasteiger partial charge < -0.3 is 20.5 Å². The maximum atomic E-state index is 12.4. The number of nitrogens with two attached hydrogens (primary N) is 1. The van der Waals surface area contributed by atoms with E-state index in [4.69, 9.17) is 22.1 Å². The first-order valence-electron chi connectivity index (χ1n) is 8.83. The fourth-order valence-corrected chi connectivity index (χ4v) is 2.63. The summed E-state index contributed by atoms with van der Waals surface area (Å²) in [5.74, 6) is -1.77. The molecule has 2 aromatic carbocycles. The normalized spacial score (nSPS) is 10.3. The molecule has 0 unspecified atom stereocenters. The number of ether oxygens (including phenoxy) is 2. The number of nitro groups is 1. The Balaban J connectivity index is 1.76. The standard InChI is InChI=1S/C19H15ClN6O6/c1-31-16(27)10-6-11(8-14(7-10)26(29)30)17(28)32-9-15-23-18(21)25-19(24-15)22-13-4-2-12(20)3-5-13/h2-8H,9H2,1H3,(H3,21,22,23,24,25). The summed E-state index contributed by atoms with van der Waals surface area (Å²) >= 11 is 5.85. The van der Waals surface area contributed by atoms with Crippen LogP contribution in [0.5, 0.6) is 0 Å². The molecule has 0 radical (unpaired) electrons. The molecule has 13 heteroatoms. The molecule has 0 saturated heterocycles. The van der Waals surface area contributed by atoms with Gasteiger partial charge in [0.25, 0.3) is 5.69 Å². The lowest BCUT2D eigenvalue weighted by Crippen LogP contribution is -2.12. The summed E-state index contributed by atoms with van der Waals surface area (Å²) in [4.78, 5) is 46.5. The molecular weight excluding hydrogens is 444 g/mol. The van der Waals surface area contributed by atoms with Crippen LogP contribution in [0.2, 0.25) is 5.02 Å². The minimum atomic E-state index is -0.940. The van der Waals surface area contributed by atoms with Crippen molar-refractivity contribution in [2.75, 3.05) is 18.2 Å². The maximum absolute atomic E-state index is 12.4. The highest BCUT2D eigenvalue weighted by molar-refractivity contribution is 6.30. The van der Waals surface area contributed by atoms with Crippen LogP contribution in [0.25, 0.3) is 0 Å². The van der Waals surface area contributed by atoms with Gasteiger partial charge in [0.15, 0.2) is 12.4 Å². The molecule has 0 amide bonds. The number of esters is 2. The summed E-state index contributed by atoms with van der Waals surface area (Å²) in [6.07, 6.45) is 0. The molecule has 1 heterocycles. The van der Waals surface area contributed by atoms with E-state index in [2.05, 4.69) is 25.0 Å². The number of nitrogen functional groups attached to an aromatic ring is 1. The molecule has 164 valence electrons. The quantitative estimate of drug-likeness (QED) is 0.302. The zero-order valence-corrected chi connectivity index (χ0v) is 17.2. The number of anilines is 3. The number of hydrogen-bond donors (Lipinski definition) is 2. The van der Waals surface area contributed by atoms with Gasteiger partial charge in [0.05, 0.1) is 23.2 Å². The van der Waals surface area contributed by atoms with Gasteiger partial charge in [0.2, 0.25) is 11.9 Å². The fraction of sp³-hybridized carbons (Fsp3) is 0.105. The van der Waals surface area contributed by atoms with Gasteiger partial charge in [-0.25, -0.2) is 9.59 Å². The number of rotatable bonds is 7. The molecule has 0 atom stereocenters. The zero-order valence-electron chi connectivity index (χ0n) is 16.4. The lowest BCUT2D eigenvalue weighted by molar-refractivity contribution is -0.384. The van der Waals surface area contributed by atoms with E-state index >= 15 is 0 Å². The summed E-state index contributed by atoms with van der Waals surface area (Å²) in [6.45, 7) is -0.406. The minimum absolute atomic E-state index is 0.0286. The second kappa shape index (κ2) is 9.66. The first-order valence-corrected chi connectivity index (χ1v) is 9.21. The fourth-order valence-electron chi connectivity index (χ4n) is 2.50. The maximum Gasteiger partial charge on any atom is 0.338 e. The van der Waals surface area contributed by atoms with E-state index < -0.39 is 29.2 Å². The van der Waals surface area contributed by atoms with Crippen molar-refractivity contribution in [1.29, 1.82) is 0 Å². The summed E-state index contributed by atoms with van der Waals surface area (Å²) < 4.78 is 9.67. The van der Waals surface area contributed by atoms with E-state index in [9.17, 15) is 19.7 Å². The number of carbonyl (C=O) groups is 2. The van der Waals surface area contributed by atoms with Gasteiger partial charge in [0.1, 0.15) is 0 Å². The van der Waals surface area contributed by atoms with Crippen molar-refractivity contribution in [2.45, 2.75) is 6.61 Å². The van der Waals surface area contributed by atoms with Gasteiger partial charge in [-0.05, 0) is 30.3 Å². The number of benzene rings is 2. The van der Waals surface area contributed by atoms with Crippen LogP contribution in [0.3, 0.4) is 0 Å². The topological polar surface area (TPSA) is 172 Å². The molecule has 32 heavy (non-hydrogen) atoms. The van der Waals surface area contributed by atoms with Crippen molar-refractivity contribution in [1.82, 2.24) is 15.0 Å². The lowest BCUT2D eigenvalue weighted by Gasteiger charge is -2.09. The Morgan fingerprint density at radius 2 is 1.75 bits per heavy atom. The molecule has 0 fully saturated rings. The molecule has 0 aliphatic rings. The number of hydrogen-bond acceptors (Lipinski definition) is 11. The summed E-state index contributed by atoms with van der Waals surface area (Å²) in [5.41, 5.74) is 5.45. The van der Waals surface area contributed by atoms with Gasteiger partial charge in [-0.15, -0.1) is 0 Å². The van der Waals surface area contributed by atoms with Gasteiger partial charge in [0, 0.05) is 22.8 Å². The third kappa shape index (κ3) is 5.64. The number of nitrogens with one attached hydrogen (secondary N) is 1. The van der Waals surface area contributed by atoms with Crippen LogP contribution < -0.4 is 11.1 Å². The third-order valence-corrected chi connectivity index (χ3v) is 4.17. The zero-order chi connectivity index (χ0) is 23.3. The highest BCUT2D eigenvalue weighted by Gasteiger charge is 2.20. The van der Waals surface area contributed by atoms with E-state index in [1.54, 1.807) is 24.3 Å². The van der Waals surface area contributed by atoms with Crippen LogP contribution in [-0.4, -0.2) is 38.9 Å². The van der Waals surface area contributed by atoms with E-state index in [1.807, 2.05) is 0 Å². The molecule has 12 nitrogen and oxygen atoms in total. The Bertz CT molecular complexity index is 1190. The molecule has 0 spiro atoms.